The first kappa shape index (κ1) is 15.7. The van der Waals surface area contributed by atoms with Crippen molar-refractivity contribution >= 4 is 23.2 Å². The fourth-order valence-corrected chi connectivity index (χ4v) is 1.91. The van der Waals surface area contributed by atoms with E-state index < -0.39 is 6.10 Å². The molecule has 0 saturated heterocycles. The lowest BCUT2D eigenvalue weighted by molar-refractivity contribution is 0.0479. The van der Waals surface area contributed by atoms with Crippen molar-refractivity contribution in [2.24, 2.45) is 0 Å². The van der Waals surface area contributed by atoms with E-state index in [0.717, 1.165) is 5.56 Å². The number of hydrogen-bond acceptors (Lipinski definition) is 3. The average Bonchev–Trinajstić information content (AvgIpc) is 2.33. The Morgan fingerprint density at radius 1 is 1.22 bits per heavy atom. The zero-order chi connectivity index (χ0) is 13.4. The van der Waals surface area contributed by atoms with Crippen LogP contribution in [0.5, 0.6) is 0 Å². The van der Waals surface area contributed by atoms with Gasteiger partial charge in [-0.3, -0.25) is 0 Å². The molecule has 1 aromatic carbocycles. The van der Waals surface area contributed by atoms with Crippen molar-refractivity contribution in [2.45, 2.75) is 18.9 Å². The summed E-state index contributed by atoms with van der Waals surface area (Å²) in [5, 5.41) is 11.1. The highest BCUT2D eigenvalue weighted by molar-refractivity contribution is 6.33. The molecule has 0 spiro atoms. The summed E-state index contributed by atoms with van der Waals surface area (Å²) in [7, 11) is 1.62. The highest BCUT2D eigenvalue weighted by Gasteiger charge is 2.09. The molecule has 102 valence electrons. The van der Waals surface area contributed by atoms with Crippen LogP contribution in [0.25, 0.3) is 0 Å². The van der Waals surface area contributed by atoms with E-state index >= 15 is 0 Å². The van der Waals surface area contributed by atoms with E-state index in [1.54, 1.807) is 25.3 Å². The Morgan fingerprint density at radius 3 is 2.72 bits per heavy atom. The number of aliphatic hydroxyl groups is 1. The second-order valence-electron chi connectivity index (χ2n) is 3.99. The molecule has 0 heterocycles. The molecular formula is C13H18Cl2O3. The topological polar surface area (TPSA) is 38.7 Å². The minimum absolute atomic E-state index is 0.479. The van der Waals surface area contributed by atoms with Crippen LogP contribution in [0, 0.1) is 0 Å². The van der Waals surface area contributed by atoms with Crippen LogP contribution < -0.4 is 0 Å². The van der Waals surface area contributed by atoms with Crippen molar-refractivity contribution in [3.8, 4) is 0 Å². The molecule has 0 bridgehead atoms. The number of aliphatic hydroxyl groups excluding tert-OH is 1. The largest absolute Gasteiger partial charge is 0.393 e. The summed E-state index contributed by atoms with van der Waals surface area (Å²) in [5.74, 6) is 0. The first-order valence-corrected chi connectivity index (χ1v) is 6.57. The Bertz CT molecular complexity index is 358. The number of rotatable bonds is 8. The summed E-state index contributed by atoms with van der Waals surface area (Å²) in [4.78, 5) is 0. The SMILES string of the molecule is COCCOCCC(O)Cc1cc(Cl)ccc1Cl. The summed E-state index contributed by atoms with van der Waals surface area (Å²) in [6, 6.07) is 5.24. The van der Waals surface area contributed by atoms with Crippen molar-refractivity contribution in [3.05, 3.63) is 33.8 Å². The van der Waals surface area contributed by atoms with Gasteiger partial charge in [-0.05, 0) is 36.6 Å². The number of methoxy groups -OCH3 is 1. The second-order valence-corrected chi connectivity index (χ2v) is 4.83. The van der Waals surface area contributed by atoms with Gasteiger partial charge in [0.05, 0.1) is 19.3 Å². The van der Waals surface area contributed by atoms with E-state index in [0.29, 0.717) is 42.7 Å². The van der Waals surface area contributed by atoms with E-state index in [1.165, 1.54) is 0 Å². The minimum atomic E-state index is -0.483. The predicted molar refractivity (Wildman–Crippen MR) is 73.5 cm³/mol. The molecule has 0 aliphatic carbocycles. The van der Waals surface area contributed by atoms with Gasteiger partial charge in [0.15, 0.2) is 0 Å². The van der Waals surface area contributed by atoms with Gasteiger partial charge in [0, 0.05) is 23.8 Å². The van der Waals surface area contributed by atoms with Crippen LogP contribution in [0.4, 0.5) is 0 Å². The molecule has 0 radical (unpaired) electrons. The number of benzene rings is 1. The second kappa shape index (κ2) is 8.73. The van der Waals surface area contributed by atoms with Crippen LogP contribution in [0.3, 0.4) is 0 Å². The average molecular weight is 293 g/mol. The maximum atomic E-state index is 9.86. The first-order valence-electron chi connectivity index (χ1n) is 5.82. The van der Waals surface area contributed by atoms with Crippen LogP contribution in [-0.2, 0) is 15.9 Å². The van der Waals surface area contributed by atoms with Crippen molar-refractivity contribution in [1.82, 2.24) is 0 Å². The number of halogens is 2. The van der Waals surface area contributed by atoms with E-state index in [4.69, 9.17) is 32.7 Å². The van der Waals surface area contributed by atoms with Gasteiger partial charge in [-0.25, -0.2) is 0 Å². The maximum Gasteiger partial charge on any atom is 0.0700 e. The number of ether oxygens (including phenoxy) is 2. The third-order valence-corrected chi connectivity index (χ3v) is 3.09. The van der Waals surface area contributed by atoms with E-state index in [9.17, 15) is 5.11 Å². The van der Waals surface area contributed by atoms with Crippen molar-refractivity contribution < 1.29 is 14.6 Å². The molecule has 5 heteroatoms. The summed E-state index contributed by atoms with van der Waals surface area (Å²) in [6.45, 7) is 1.61. The van der Waals surface area contributed by atoms with Gasteiger partial charge in [0.1, 0.15) is 0 Å². The predicted octanol–water partition coefficient (Wildman–Crippen LogP) is 2.95. The lowest BCUT2D eigenvalue weighted by atomic mass is 10.1. The monoisotopic (exact) mass is 292 g/mol. The van der Waals surface area contributed by atoms with Gasteiger partial charge in [0.25, 0.3) is 0 Å². The van der Waals surface area contributed by atoms with Crippen LogP contribution in [-0.4, -0.2) is 38.1 Å². The standard InChI is InChI=1S/C13H18Cl2O3/c1-17-6-7-18-5-4-12(16)9-10-8-11(14)2-3-13(10)15/h2-3,8,12,16H,4-7,9H2,1H3. The fraction of sp³-hybridized carbons (Fsp3) is 0.538. The number of hydrogen-bond donors (Lipinski definition) is 1. The molecule has 0 aromatic heterocycles. The lowest BCUT2D eigenvalue weighted by Crippen LogP contribution is -2.15. The fourth-order valence-electron chi connectivity index (χ4n) is 1.52. The van der Waals surface area contributed by atoms with Gasteiger partial charge in [-0.15, -0.1) is 0 Å². The molecule has 0 amide bonds. The molecule has 3 nitrogen and oxygen atoms in total. The zero-order valence-corrected chi connectivity index (χ0v) is 11.9. The summed E-state index contributed by atoms with van der Waals surface area (Å²) in [5.41, 5.74) is 0.855. The molecule has 0 aliphatic heterocycles. The Balaban J connectivity index is 2.30. The zero-order valence-electron chi connectivity index (χ0n) is 10.4. The molecule has 1 unspecified atom stereocenters. The summed E-state index contributed by atoms with van der Waals surface area (Å²) in [6.07, 6.45) is 0.558. The third-order valence-electron chi connectivity index (χ3n) is 2.49. The highest BCUT2D eigenvalue weighted by Crippen LogP contribution is 2.22. The Hall–Kier alpha value is -0.320. The molecule has 0 aliphatic rings. The van der Waals surface area contributed by atoms with Gasteiger partial charge < -0.3 is 14.6 Å². The van der Waals surface area contributed by atoms with Gasteiger partial charge in [-0.1, -0.05) is 23.2 Å². The van der Waals surface area contributed by atoms with Crippen LogP contribution in [0.15, 0.2) is 18.2 Å². The normalized spacial score (nSPS) is 12.7. The van der Waals surface area contributed by atoms with E-state index in [1.807, 2.05) is 0 Å². The third kappa shape index (κ3) is 6.03. The highest BCUT2D eigenvalue weighted by atomic mass is 35.5. The summed E-state index contributed by atoms with van der Waals surface area (Å²) >= 11 is 11.9. The Morgan fingerprint density at radius 2 is 2.00 bits per heavy atom. The smallest absolute Gasteiger partial charge is 0.0700 e. The van der Waals surface area contributed by atoms with E-state index in [2.05, 4.69) is 0 Å². The van der Waals surface area contributed by atoms with Crippen molar-refractivity contribution in [1.29, 1.82) is 0 Å². The molecule has 0 saturated carbocycles. The first-order chi connectivity index (χ1) is 8.63. The minimum Gasteiger partial charge on any atom is -0.393 e. The van der Waals surface area contributed by atoms with Crippen LogP contribution >= 0.6 is 23.2 Å². The molecule has 1 aromatic rings. The molecule has 1 N–H and O–H groups in total. The molecular weight excluding hydrogens is 275 g/mol. The van der Waals surface area contributed by atoms with Gasteiger partial charge in [0.2, 0.25) is 0 Å². The quantitative estimate of drug-likeness (QED) is 0.749. The molecule has 18 heavy (non-hydrogen) atoms. The van der Waals surface area contributed by atoms with Crippen molar-refractivity contribution in [2.75, 3.05) is 26.9 Å². The van der Waals surface area contributed by atoms with E-state index in [-0.39, 0.29) is 0 Å². The molecule has 1 rings (SSSR count). The lowest BCUT2D eigenvalue weighted by Gasteiger charge is -2.12. The molecule has 1 atom stereocenters. The van der Waals surface area contributed by atoms with Gasteiger partial charge in [-0.2, -0.15) is 0 Å². The summed E-state index contributed by atoms with van der Waals surface area (Å²) < 4.78 is 10.1. The molecule has 0 fully saturated rings. The van der Waals surface area contributed by atoms with Gasteiger partial charge >= 0.3 is 0 Å². The Kier molecular flexibility index (Phi) is 7.63. The van der Waals surface area contributed by atoms with Crippen LogP contribution in [0.1, 0.15) is 12.0 Å². The maximum absolute atomic E-state index is 9.86. The van der Waals surface area contributed by atoms with Crippen molar-refractivity contribution in [3.63, 3.8) is 0 Å². The Labute approximate surface area is 118 Å². The van der Waals surface area contributed by atoms with Crippen LogP contribution in [0.2, 0.25) is 10.0 Å².